The third-order valence-electron chi connectivity index (χ3n) is 2.22. The summed E-state index contributed by atoms with van der Waals surface area (Å²) in [6, 6.07) is 4.72. The predicted molar refractivity (Wildman–Crippen MR) is 49.4 cm³/mol. The molecule has 0 aromatic carbocycles. The summed E-state index contributed by atoms with van der Waals surface area (Å²) in [6.07, 6.45) is 5.69. The fraction of sp³-hybridized carbons (Fsp3) is 1.00. The summed E-state index contributed by atoms with van der Waals surface area (Å²) < 4.78 is 0. The second-order valence-electron chi connectivity index (χ2n) is 3.10. The highest BCUT2D eigenvalue weighted by molar-refractivity contribution is 6.59. The van der Waals surface area contributed by atoms with Crippen molar-refractivity contribution in [2.45, 2.75) is 43.8 Å². The van der Waals surface area contributed by atoms with E-state index in [0.717, 1.165) is 5.88 Å². The molecule has 10 heavy (non-hydrogen) atoms. The molecule has 0 spiro atoms. The van der Waals surface area contributed by atoms with Gasteiger partial charge in [0.05, 0.1) is 0 Å². The lowest BCUT2D eigenvalue weighted by molar-refractivity contribution is 0.878. The molecule has 1 heterocycles. The van der Waals surface area contributed by atoms with Crippen molar-refractivity contribution in [1.82, 2.24) is 0 Å². The van der Waals surface area contributed by atoms with Crippen LogP contribution in [0.4, 0.5) is 0 Å². The first kappa shape index (κ1) is 8.60. The highest BCUT2D eigenvalue weighted by Crippen LogP contribution is 2.23. The van der Waals surface area contributed by atoms with E-state index < -0.39 is 0 Å². The van der Waals surface area contributed by atoms with Gasteiger partial charge < -0.3 is 0 Å². The van der Waals surface area contributed by atoms with E-state index in [9.17, 15) is 0 Å². The Morgan fingerprint density at radius 3 is 2.40 bits per heavy atom. The number of alkyl halides is 1. The lowest BCUT2D eigenvalue weighted by Crippen LogP contribution is -2.04. The molecule has 2 heteroatoms. The van der Waals surface area contributed by atoms with E-state index >= 15 is 0 Å². The predicted octanol–water partition coefficient (Wildman–Crippen LogP) is 3.29. The van der Waals surface area contributed by atoms with Gasteiger partial charge in [0, 0.05) is 14.7 Å². The minimum atomic E-state index is 0.157. The van der Waals surface area contributed by atoms with Gasteiger partial charge in [0.25, 0.3) is 0 Å². The van der Waals surface area contributed by atoms with Crippen molar-refractivity contribution in [3.63, 3.8) is 0 Å². The lowest BCUT2D eigenvalue weighted by atomic mass is 10.4. The normalized spacial score (nSPS) is 20.1. The topological polar surface area (TPSA) is 0 Å². The Kier molecular flexibility index (Phi) is 4.47. The molecule has 1 rings (SSSR count). The molecule has 0 N–H and O–H groups in total. The molecule has 1 saturated heterocycles. The fourth-order valence-corrected chi connectivity index (χ4v) is 4.78. The van der Waals surface area contributed by atoms with Crippen LogP contribution in [0.3, 0.4) is 0 Å². The van der Waals surface area contributed by atoms with Crippen LogP contribution in [0.25, 0.3) is 0 Å². The lowest BCUT2D eigenvalue weighted by Gasteiger charge is -2.03. The van der Waals surface area contributed by atoms with Crippen molar-refractivity contribution in [3.05, 3.63) is 0 Å². The Morgan fingerprint density at radius 1 is 1.10 bits per heavy atom. The standard InChI is InChI=1S/C8H16ClSi/c9-5-1-2-6-10-7-3-4-8-10/h1-8H2. The fourth-order valence-electron chi connectivity index (χ4n) is 1.59. The summed E-state index contributed by atoms with van der Waals surface area (Å²) in [4.78, 5) is 0. The summed E-state index contributed by atoms with van der Waals surface area (Å²) >= 11 is 5.60. The molecule has 1 aliphatic rings. The van der Waals surface area contributed by atoms with Crippen molar-refractivity contribution >= 4 is 20.4 Å². The van der Waals surface area contributed by atoms with Gasteiger partial charge in [-0.1, -0.05) is 37.4 Å². The van der Waals surface area contributed by atoms with Crippen LogP contribution in [0.15, 0.2) is 0 Å². The zero-order valence-corrected chi connectivity index (χ0v) is 8.29. The highest BCUT2D eigenvalue weighted by Gasteiger charge is 2.15. The summed E-state index contributed by atoms with van der Waals surface area (Å²) in [5.74, 6) is 0.870. The SMILES string of the molecule is ClCCCC[Si]1CCCC1. The minimum absolute atomic E-state index is 0.157. The van der Waals surface area contributed by atoms with Crippen LogP contribution < -0.4 is 0 Å². The summed E-state index contributed by atoms with van der Waals surface area (Å²) in [5, 5.41) is 0. The highest BCUT2D eigenvalue weighted by atomic mass is 35.5. The molecule has 59 valence electrons. The van der Waals surface area contributed by atoms with Crippen LogP contribution in [-0.4, -0.2) is 14.7 Å². The van der Waals surface area contributed by atoms with Crippen LogP contribution in [0.2, 0.25) is 18.1 Å². The Bertz CT molecular complexity index is 79.3. The zero-order valence-electron chi connectivity index (χ0n) is 6.53. The van der Waals surface area contributed by atoms with Gasteiger partial charge >= 0.3 is 0 Å². The first-order valence-electron chi connectivity index (χ1n) is 4.33. The number of rotatable bonds is 4. The van der Waals surface area contributed by atoms with Crippen molar-refractivity contribution < 1.29 is 0 Å². The Labute approximate surface area is 70.6 Å². The van der Waals surface area contributed by atoms with E-state index in [1.165, 1.54) is 31.7 Å². The van der Waals surface area contributed by atoms with Crippen LogP contribution >= 0.6 is 11.6 Å². The molecule has 1 fully saturated rings. The zero-order chi connectivity index (χ0) is 7.23. The van der Waals surface area contributed by atoms with Gasteiger partial charge in [0.2, 0.25) is 0 Å². The van der Waals surface area contributed by atoms with Gasteiger partial charge in [-0.25, -0.2) is 0 Å². The smallest absolute Gasteiger partial charge is 0.0479 e. The number of hydrogen-bond acceptors (Lipinski definition) is 0. The molecule has 0 atom stereocenters. The van der Waals surface area contributed by atoms with Crippen molar-refractivity contribution in [3.8, 4) is 0 Å². The molecular weight excluding hydrogens is 160 g/mol. The molecule has 0 aromatic rings. The first-order chi connectivity index (χ1) is 4.93. The Hall–Kier alpha value is 0.507. The maximum Gasteiger partial charge on any atom is 0.0479 e. The molecule has 0 unspecified atom stereocenters. The monoisotopic (exact) mass is 175 g/mol. The molecule has 1 radical (unpaired) electrons. The molecular formula is C8H16ClSi. The van der Waals surface area contributed by atoms with Crippen molar-refractivity contribution in [2.75, 3.05) is 5.88 Å². The average Bonchev–Trinajstić information content (AvgIpc) is 2.41. The van der Waals surface area contributed by atoms with Crippen LogP contribution in [0.1, 0.15) is 25.7 Å². The minimum Gasteiger partial charge on any atom is -0.127 e. The van der Waals surface area contributed by atoms with Gasteiger partial charge in [0.1, 0.15) is 0 Å². The van der Waals surface area contributed by atoms with E-state index in [1.807, 2.05) is 0 Å². The van der Waals surface area contributed by atoms with Crippen LogP contribution in [0.5, 0.6) is 0 Å². The quantitative estimate of drug-likeness (QED) is 0.350. The molecule has 1 aliphatic heterocycles. The van der Waals surface area contributed by atoms with E-state index in [2.05, 4.69) is 0 Å². The molecule has 0 aromatic heterocycles. The molecule has 0 saturated carbocycles. The molecule has 0 nitrogen and oxygen atoms in total. The van der Waals surface area contributed by atoms with Gasteiger partial charge in [-0.3, -0.25) is 0 Å². The number of unbranched alkanes of at least 4 members (excludes halogenated alkanes) is 1. The van der Waals surface area contributed by atoms with Gasteiger partial charge in [-0.15, -0.1) is 11.6 Å². The third kappa shape index (κ3) is 3.06. The van der Waals surface area contributed by atoms with Gasteiger partial charge in [-0.05, 0) is 6.42 Å². The Balaban J connectivity index is 1.91. The van der Waals surface area contributed by atoms with Crippen LogP contribution in [-0.2, 0) is 0 Å². The average molecular weight is 176 g/mol. The second kappa shape index (κ2) is 5.20. The van der Waals surface area contributed by atoms with Gasteiger partial charge in [0.15, 0.2) is 0 Å². The van der Waals surface area contributed by atoms with E-state index in [4.69, 9.17) is 11.6 Å². The first-order valence-corrected chi connectivity index (χ1v) is 6.98. The van der Waals surface area contributed by atoms with Crippen LogP contribution in [0, 0.1) is 0 Å². The van der Waals surface area contributed by atoms with E-state index in [0.29, 0.717) is 0 Å². The number of halogens is 1. The molecule has 0 amide bonds. The summed E-state index contributed by atoms with van der Waals surface area (Å²) in [6.45, 7) is 0. The van der Waals surface area contributed by atoms with E-state index in [-0.39, 0.29) is 8.80 Å². The third-order valence-corrected chi connectivity index (χ3v) is 5.67. The van der Waals surface area contributed by atoms with Crippen molar-refractivity contribution in [2.24, 2.45) is 0 Å². The van der Waals surface area contributed by atoms with Gasteiger partial charge in [-0.2, -0.15) is 0 Å². The molecule has 0 bridgehead atoms. The van der Waals surface area contributed by atoms with Crippen molar-refractivity contribution in [1.29, 1.82) is 0 Å². The summed E-state index contributed by atoms with van der Waals surface area (Å²) in [7, 11) is 0.157. The Morgan fingerprint density at radius 2 is 1.80 bits per heavy atom. The second-order valence-corrected chi connectivity index (χ2v) is 6.48. The summed E-state index contributed by atoms with van der Waals surface area (Å²) in [5.41, 5.74) is 0. The number of hydrogen-bond donors (Lipinski definition) is 0. The molecule has 0 aliphatic carbocycles. The maximum absolute atomic E-state index is 5.60. The largest absolute Gasteiger partial charge is 0.127 e. The van der Waals surface area contributed by atoms with E-state index in [1.54, 1.807) is 12.1 Å². The maximum atomic E-state index is 5.60.